The molecule has 1 aliphatic heterocycles. The molecule has 8 heteroatoms. The van der Waals surface area contributed by atoms with E-state index in [9.17, 15) is 18.4 Å². The molecule has 0 spiro atoms. The van der Waals surface area contributed by atoms with Gasteiger partial charge in [0.1, 0.15) is 23.4 Å². The van der Waals surface area contributed by atoms with Crippen molar-refractivity contribution in [1.29, 1.82) is 0 Å². The number of hydrogen-bond donors (Lipinski definition) is 3. The van der Waals surface area contributed by atoms with E-state index in [-0.39, 0.29) is 23.5 Å². The molecule has 2 aromatic carbocycles. The average molecular weight is 426 g/mol. The van der Waals surface area contributed by atoms with Crippen molar-refractivity contribution in [3.8, 4) is 0 Å². The number of anilines is 1. The molecule has 1 fully saturated rings. The highest BCUT2D eigenvalue weighted by Crippen LogP contribution is 2.27. The minimum Gasteiger partial charge on any atom is -0.365 e. The van der Waals surface area contributed by atoms with Gasteiger partial charge in [-0.05, 0) is 30.2 Å². The number of fused-ring (bicyclic) bond motifs is 1. The molecule has 1 aromatic heterocycles. The van der Waals surface area contributed by atoms with Crippen molar-refractivity contribution in [1.82, 2.24) is 15.6 Å². The fraction of sp³-hybridized carbons (Fsp3) is 0.304. The third-order valence-electron chi connectivity index (χ3n) is 5.58. The van der Waals surface area contributed by atoms with Crippen LogP contribution in [-0.4, -0.2) is 42.0 Å². The quantitative estimate of drug-likeness (QED) is 0.567. The maximum Gasteiger partial charge on any atom is 0.243 e. The fourth-order valence-electron chi connectivity index (χ4n) is 4.15. The van der Waals surface area contributed by atoms with E-state index in [1.807, 2.05) is 30.5 Å². The van der Waals surface area contributed by atoms with Crippen molar-refractivity contribution < 1.29 is 18.4 Å². The van der Waals surface area contributed by atoms with Gasteiger partial charge < -0.3 is 20.5 Å². The Labute approximate surface area is 178 Å². The number of carbonyl (C=O) groups is 2. The van der Waals surface area contributed by atoms with Crippen LogP contribution in [0.2, 0.25) is 0 Å². The predicted octanol–water partition coefficient (Wildman–Crippen LogP) is 2.89. The number of benzene rings is 2. The minimum atomic E-state index is -0.754. The van der Waals surface area contributed by atoms with Gasteiger partial charge in [-0.25, -0.2) is 8.78 Å². The van der Waals surface area contributed by atoms with Gasteiger partial charge in [-0.3, -0.25) is 9.59 Å². The van der Waals surface area contributed by atoms with Crippen LogP contribution in [0.25, 0.3) is 10.9 Å². The number of para-hydroxylation sites is 2. The molecular formula is C23H24F2N4O2. The van der Waals surface area contributed by atoms with Crippen LogP contribution >= 0.6 is 0 Å². The standard InChI is InChI=1S/C23H24F2N4O2/c1-14(30)27-21(11-15-12-26-20-8-3-2-5-17(15)20)23(31)28-16-9-10-29(13-16)22-18(24)6-4-7-19(22)25/h2-8,12,16,21,26H,9-11,13H2,1H3,(H,27,30)(H,28,31). The highest BCUT2D eigenvalue weighted by atomic mass is 19.1. The lowest BCUT2D eigenvalue weighted by atomic mass is 10.0. The molecule has 3 aromatic rings. The summed E-state index contributed by atoms with van der Waals surface area (Å²) in [5, 5.41) is 6.65. The zero-order chi connectivity index (χ0) is 22.0. The second-order valence-corrected chi connectivity index (χ2v) is 7.83. The Morgan fingerprint density at radius 2 is 1.90 bits per heavy atom. The Morgan fingerprint density at radius 3 is 2.65 bits per heavy atom. The third-order valence-corrected chi connectivity index (χ3v) is 5.58. The van der Waals surface area contributed by atoms with E-state index in [4.69, 9.17) is 0 Å². The molecule has 31 heavy (non-hydrogen) atoms. The third kappa shape index (κ3) is 4.52. The summed E-state index contributed by atoms with van der Waals surface area (Å²) in [6, 6.07) is 10.5. The Bertz CT molecular complexity index is 1090. The molecule has 1 aliphatic rings. The van der Waals surface area contributed by atoms with Crippen molar-refractivity contribution >= 4 is 28.4 Å². The summed E-state index contributed by atoms with van der Waals surface area (Å²) in [7, 11) is 0. The van der Waals surface area contributed by atoms with E-state index < -0.39 is 17.7 Å². The highest BCUT2D eigenvalue weighted by molar-refractivity contribution is 5.89. The van der Waals surface area contributed by atoms with E-state index in [0.717, 1.165) is 16.5 Å². The first-order chi connectivity index (χ1) is 14.9. The molecular weight excluding hydrogens is 402 g/mol. The van der Waals surface area contributed by atoms with Crippen LogP contribution in [0.15, 0.2) is 48.7 Å². The van der Waals surface area contributed by atoms with Gasteiger partial charge in [0.2, 0.25) is 11.8 Å². The smallest absolute Gasteiger partial charge is 0.243 e. The van der Waals surface area contributed by atoms with E-state index in [0.29, 0.717) is 25.9 Å². The summed E-state index contributed by atoms with van der Waals surface area (Å²) < 4.78 is 28.2. The normalized spacial score (nSPS) is 17.0. The number of rotatable bonds is 6. The van der Waals surface area contributed by atoms with Gasteiger partial charge in [-0.2, -0.15) is 0 Å². The van der Waals surface area contributed by atoms with Crippen molar-refractivity contribution in [2.45, 2.75) is 31.8 Å². The monoisotopic (exact) mass is 426 g/mol. The summed E-state index contributed by atoms with van der Waals surface area (Å²) in [4.78, 5) is 29.5. The number of nitrogens with one attached hydrogen (secondary N) is 3. The topological polar surface area (TPSA) is 77.2 Å². The van der Waals surface area contributed by atoms with E-state index in [1.54, 1.807) is 4.90 Å². The van der Waals surface area contributed by atoms with Crippen LogP contribution in [0.4, 0.5) is 14.5 Å². The lowest BCUT2D eigenvalue weighted by Crippen LogP contribution is -2.50. The second kappa shape index (κ2) is 8.75. The van der Waals surface area contributed by atoms with Gasteiger partial charge >= 0.3 is 0 Å². The molecule has 2 heterocycles. The molecule has 162 valence electrons. The number of carbonyl (C=O) groups excluding carboxylic acids is 2. The van der Waals surface area contributed by atoms with Crippen LogP contribution in [0.5, 0.6) is 0 Å². The Hall–Kier alpha value is -3.42. The number of halogens is 2. The first kappa shape index (κ1) is 20.8. The molecule has 6 nitrogen and oxygen atoms in total. The Balaban J connectivity index is 1.45. The van der Waals surface area contributed by atoms with Gasteiger partial charge in [0.25, 0.3) is 0 Å². The van der Waals surface area contributed by atoms with Crippen molar-refractivity contribution in [3.63, 3.8) is 0 Å². The number of H-pyrrole nitrogens is 1. The predicted molar refractivity (Wildman–Crippen MR) is 115 cm³/mol. The summed E-state index contributed by atoms with van der Waals surface area (Å²) in [5.74, 6) is -1.87. The Kier molecular flexibility index (Phi) is 5.88. The van der Waals surface area contributed by atoms with Gasteiger partial charge in [0.15, 0.2) is 0 Å². The molecule has 1 saturated heterocycles. The maximum atomic E-state index is 14.1. The summed E-state index contributed by atoms with van der Waals surface area (Å²) in [5.41, 5.74) is 1.81. The first-order valence-electron chi connectivity index (χ1n) is 10.2. The van der Waals surface area contributed by atoms with E-state index in [1.165, 1.54) is 25.1 Å². The Morgan fingerprint density at radius 1 is 1.16 bits per heavy atom. The van der Waals surface area contributed by atoms with Crippen LogP contribution in [0.1, 0.15) is 18.9 Å². The molecule has 0 aliphatic carbocycles. The lowest BCUT2D eigenvalue weighted by Gasteiger charge is -2.22. The summed E-state index contributed by atoms with van der Waals surface area (Å²) in [6.07, 6.45) is 2.72. The zero-order valence-corrected chi connectivity index (χ0v) is 17.1. The molecule has 2 unspecified atom stereocenters. The van der Waals surface area contributed by atoms with Gasteiger partial charge in [-0.15, -0.1) is 0 Å². The van der Waals surface area contributed by atoms with Crippen LogP contribution in [0.3, 0.4) is 0 Å². The summed E-state index contributed by atoms with van der Waals surface area (Å²) >= 11 is 0. The highest BCUT2D eigenvalue weighted by Gasteiger charge is 2.30. The van der Waals surface area contributed by atoms with E-state index in [2.05, 4.69) is 15.6 Å². The molecule has 0 bridgehead atoms. The number of aromatic nitrogens is 1. The molecule has 0 saturated carbocycles. The van der Waals surface area contributed by atoms with Crippen molar-refractivity contribution in [3.05, 3.63) is 65.9 Å². The lowest BCUT2D eigenvalue weighted by molar-refractivity contribution is -0.128. The molecule has 0 radical (unpaired) electrons. The molecule has 4 rings (SSSR count). The van der Waals surface area contributed by atoms with Gasteiger partial charge in [0, 0.05) is 49.6 Å². The molecule has 2 atom stereocenters. The summed E-state index contributed by atoms with van der Waals surface area (Å²) in [6.45, 7) is 2.09. The largest absolute Gasteiger partial charge is 0.365 e. The SMILES string of the molecule is CC(=O)NC(Cc1c[nH]c2ccccc12)C(=O)NC1CCN(c2c(F)cccc2F)C1. The van der Waals surface area contributed by atoms with E-state index >= 15 is 0 Å². The fourth-order valence-corrected chi connectivity index (χ4v) is 4.15. The van der Waals surface area contributed by atoms with Gasteiger partial charge in [-0.1, -0.05) is 24.3 Å². The molecule has 3 N–H and O–H groups in total. The molecule has 2 amide bonds. The first-order valence-corrected chi connectivity index (χ1v) is 10.2. The van der Waals surface area contributed by atoms with Crippen LogP contribution in [-0.2, 0) is 16.0 Å². The second-order valence-electron chi connectivity index (χ2n) is 7.83. The number of nitrogens with zero attached hydrogens (tertiary/aromatic N) is 1. The maximum absolute atomic E-state index is 14.1. The van der Waals surface area contributed by atoms with Gasteiger partial charge in [0.05, 0.1) is 0 Å². The number of amides is 2. The minimum absolute atomic E-state index is 0.0727. The average Bonchev–Trinajstić information content (AvgIpc) is 3.34. The number of hydrogen-bond acceptors (Lipinski definition) is 3. The van der Waals surface area contributed by atoms with Crippen molar-refractivity contribution in [2.24, 2.45) is 0 Å². The van der Waals surface area contributed by atoms with Crippen LogP contribution < -0.4 is 15.5 Å². The van der Waals surface area contributed by atoms with Crippen LogP contribution in [0, 0.1) is 11.6 Å². The number of aromatic amines is 1. The van der Waals surface area contributed by atoms with Crippen molar-refractivity contribution in [2.75, 3.05) is 18.0 Å². The zero-order valence-electron chi connectivity index (χ0n) is 17.1.